The average molecular weight is 416 g/mol. The maximum atomic E-state index is 12.3. The fourth-order valence-corrected chi connectivity index (χ4v) is 3.18. The summed E-state index contributed by atoms with van der Waals surface area (Å²) in [6, 6.07) is 5.61. The van der Waals surface area contributed by atoms with Crippen molar-refractivity contribution in [3.8, 4) is 5.75 Å². The summed E-state index contributed by atoms with van der Waals surface area (Å²) in [7, 11) is -3.75. The Morgan fingerprint density at radius 2 is 1.89 bits per heavy atom. The van der Waals surface area contributed by atoms with Gasteiger partial charge in [-0.25, -0.2) is 18.4 Å². The van der Waals surface area contributed by atoms with E-state index < -0.39 is 16.0 Å². The van der Waals surface area contributed by atoms with Crippen LogP contribution in [0.25, 0.3) is 0 Å². The highest BCUT2D eigenvalue weighted by atomic mass is 35.5. The van der Waals surface area contributed by atoms with E-state index in [0.717, 1.165) is 0 Å². The Morgan fingerprint density at radius 3 is 2.44 bits per heavy atom. The van der Waals surface area contributed by atoms with Crippen LogP contribution >= 0.6 is 11.6 Å². The number of hydrogen-bond acceptors (Lipinski definition) is 6. The first-order valence-electron chi connectivity index (χ1n) is 8.25. The molecule has 0 unspecified atom stereocenters. The summed E-state index contributed by atoms with van der Waals surface area (Å²) >= 11 is 6.24. The lowest BCUT2D eigenvalue weighted by Gasteiger charge is -2.08. The van der Waals surface area contributed by atoms with E-state index in [4.69, 9.17) is 26.2 Å². The molecule has 0 aliphatic heterocycles. The van der Waals surface area contributed by atoms with E-state index in [1.165, 1.54) is 24.3 Å². The van der Waals surface area contributed by atoms with Gasteiger partial charge in [0.1, 0.15) is 29.7 Å². The normalized spacial score (nSPS) is 11.6. The Kier molecular flexibility index (Phi) is 6.85. The van der Waals surface area contributed by atoms with E-state index in [0.29, 0.717) is 23.9 Å². The summed E-state index contributed by atoms with van der Waals surface area (Å²) in [6.45, 7) is 6.45. The van der Waals surface area contributed by atoms with Crippen LogP contribution in [0.4, 0.5) is 0 Å². The number of aromatic nitrogens is 2. The molecule has 2 aromatic rings. The van der Waals surface area contributed by atoms with Crippen LogP contribution in [0.15, 0.2) is 29.2 Å². The molecule has 1 heterocycles. The topological polar surface area (TPSA) is 114 Å². The van der Waals surface area contributed by atoms with Crippen molar-refractivity contribution in [2.24, 2.45) is 11.1 Å². The zero-order valence-electron chi connectivity index (χ0n) is 15.3. The summed E-state index contributed by atoms with van der Waals surface area (Å²) in [6.07, 6.45) is 0. The quantitative estimate of drug-likeness (QED) is 0.523. The molecule has 0 spiro atoms. The SMILES string of the molecule is Cc1nn(CC(C)C)c(Cl)c1C(=O)OCCOc1ccc(S(N)(=O)=O)cc1. The number of hydrogen-bond donors (Lipinski definition) is 1. The van der Waals surface area contributed by atoms with E-state index >= 15 is 0 Å². The van der Waals surface area contributed by atoms with E-state index in [1.54, 1.807) is 11.6 Å². The van der Waals surface area contributed by atoms with E-state index in [-0.39, 0.29) is 28.8 Å². The molecule has 8 nitrogen and oxygen atoms in total. The zero-order chi connectivity index (χ0) is 20.2. The minimum absolute atomic E-state index is 0.000895. The van der Waals surface area contributed by atoms with E-state index in [2.05, 4.69) is 5.10 Å². The maximum absolute atomic E-state index is 12.3. The van der Waals surface area contributed by atoms with E-state index in [1.807, 2.05) is 13.8 Å². The molecule has 2 rings (SSSR count). The molecule has 0 fully saturated rings. The van der Waals surface area contributed by atoms with Gasteiger partial charge in [0.05, 0.1) is 10.6 Å². The van der Waals surface area contributed by atoms with E-state index in [9.17, 15) is 13.2 Å². The van der Waals surface area contributed by atoms with Crippen molar-refractivity contribution in [2.75, 3.05) is 13.2 Å². The van der Waals surface area contributed by atoms with Crippen molar-refractivity contribution in [2.45, 2.75) is 32.2 Å². The third-order valence-electron chi connectivity index (χ3n) is 3.55. The Morgan fingerprint density at radius 1 is 1.26 bits per heavy atom. The number of esters is 1. The van der Waals surface area contributed by atoms with Gasteiger partial charge in [-0.1, -0.05) is 25.4 Å². The van der Waals surface area contributed by atoms with Gasteiger partial charge in [-0.15, -0.1) is 0 Å². The van der Waals surface area contributed by atoms with Crippen molar-refractivity contribution in [3.05, 3.63) is 40.7 Å². The standard InChI is InChI=1S/C17H22ClN3O5S/c1-11(2)10-21-16(18)15(12(3)20-21)17(22)26-9-8-25-13-4-6-14(7-5-13)27(19,23)24/h4-7,11H,8-10H2,1-3H3,(H2,19,23,24). The Bertz CT molecular complexity index is 907. The molecule has 0 saturated heterocycles. The number of benzene rings is 1. The molecular formula is C17H22ClN3O5S. The number of primary sulfonamides is 1. The summed E-state index contributed by atoms with van der Waals surface area (Å²) in [5, 5.41) is 9.55. The summed E-state index contributed by atoms with van der Waals surface area (Å²) in [4.78, 5) is 12.2. The molecular weight excluding hydrogens is 394 g/mol. The Balaban J connectivity index is 1.89. The summed E-state index contributed by atoms with van der Waals surface area (Å²) in [5.74, 6) is 0.192. The highest BCUT2D eigenvalue weighted by Crippen LogP contribution is 2.22. The van der Waals surface area contributed by atoms with Crippen molar-refractivity contribution in [1.82, 2.24) is 9.78 Å². The van der Waals surface area contributed by atoms with Gasteiger partial charge in [0, 0.05) is 6.54 Å². The molecule has 0 aliphatic rings. The maximum Gasteiger partial charge on any atom is 0.343 e. The largest absolute Gasteiger partial charge is 0.490 e. The molecule has 0 bridgehead atoms. The molecule has 0 saturated carbocycles. The van der Waals surface area contributed by atoms with Gasteiger partial charge < -0.3 is 9.47 Å². The number of sulfonamides is 1. The predicted octanol–water partition coefficient (Wildman–Crippen LogP) is 2.38. The minimum Gasteiger partial charge on any atom is -0.490 e. The summed E-state index contributed by atoms with van der Waals surface area (Å²) < 4.78 is 34.6. The fourth-order valence-electron chi connectivity index (χ4n) is 2.34. The number of halogens is 1. The van der Waals surface area contributed by atoms with Crippen LogP contribution in [-0.4, -0.2) is 37.4 Å². The smallest absolute Gasteiger partial charge is 0.343 e. The van der Waals surface area contributed by atoms with Crippen molar-refractivity contribution in [3.63, 3.8) is 0 Å². The minimum atomic E-state index is -3.75. The van der Waals surface area contributed by atoms with Gasteiger partial charge >= 0.3 is 5.97 Å². The molecule has 10 heteroatoms. The number of nitrogens with two attached hydrogens (primary N) is 1. The first-order valence-corrected chi connectivity index (χ1v) is 10.2. The number of rotatable bonds is 8. The van der Waals surface area contributed by atoms with Gasteiger partial charge in [-0.05, 0) is 37.1 Å². The van der Waals surface area contributed by atoms with Crippen LogP contribution in [0.5, 0.6) is 5.75 Å². The molecule has 0 aliphatic carbocycles. The van der Waals surface area contributed by atoms with Crippen LogP contribution in [0.1, 0.15) is 29.9 Å². The third kappa shape index (κ3) is 5.69. The second-order valence-electron chi connectivity index (χ2n) is 6.33. The monoisotopic (exact) mass is 415 g/mol. The molecule has 1 aromatic heterocycles. The predicted molar refractivity (Wildman–Crippen MR) is 100 cm³/mol. The Hall–Kier alpha value is -2.10. The molecule has 2 N–H and O–H groups in total. The highest BCUT2D eigenvalue weighted by molar-refractivity contribution is 7.89. The number of carbonyl (C=O) groups is 1. The van der Waals surface area contributed by atoms with Gasteiger partial charge in [-0.2, -0.15) is 5.10 Å². The number of nitrogens with zero attached hydrogens (tertiary/aromatic N) is 2. The molecule has 1 aromatic carbocycles. The number of ether oxygens (including phenoxy) is 2. The van der Waals surface area contributed by atoms with Crippen LogP contribution < -0.4 is 9.88 Å². The van der Waals surface area contributed by atoms with Gasteiger partial charge in [-0.3, -0.25) is 4.68 Å². The first-order chi connectivity index (χ1) is 12.6. The lowest BCUT2D eigenvalue weighted by atomic mass is 10.2. The first kappa shape index (κ1) is 21.2. The molecule has 148 valence electrons. The van der Waals surface area contributed by atoms with Gasteiger partial charge in [0.25, 0.3) is 0 Å². The van der Waals surface area contributed by atoms with Gasteiger partial charge in [0.2, 0.25) is 10.0 Å². The lowest BCUT2D eigenvalue weighted by Crippen LogP contribution is -2.14. The van der Waals surface area contributed by atoms with Gasteiger partial charge in [0.15, 0.2) is 0 Å². The second kappa shape index (κ2) is 8.73. The number of aryl methyl sites for hydroxylation is 1. The lowest BCUT2D eigenvalue weighted by molar-refractivity contribution is 0.0449. The second-order valence-corrected chi connectivity index (χ2v) is 8.25. The van der Waals surface area contributed by atoms with Crippen LogP contribution in [0, 0.1) is 12.8 Å². The molecule has 0 amide bonds. The highest BCUT2D eigenvalue weighted by Gasteiger charge is 2.22. The zero-order valence-corrected chi connectivity index (χ0v) is 16.9. The van der Waals surface area contributed by atoms with Crippen LogP contribution in [0.3, 0.4) is 0 Å². The van der Waals surface area contributed by atoms with Crippen molar-refractivity contribution in [1.29, 1.82) is 0 Å². The molecule has 0 radical (unpaired) electrons. The number of carbonyl (C=O) groups excluding carboxylic acids is 1. The third-order valence-corrected chi connectivity index (χ3v) is 4.86. The fraction of sp³-hybridized carbons (Fsp3) is 0.412. The van der Waals surface area contributed by atoms with Crippen LogP contribution in [0.2, 0.25) is 5.15 Å². The molecule has 0 atom stereocenters. The summed E-state index contributed by atoms with van der Waals surface area (Å²) in [5.41, 5.74) is 0.750. The average Bonchev–Trinajstić information content (AvgIpc) is 2.84. The van der Waals surface area contributed by atoms with Crippen LogP contribution in [-0.2, 0) is 21.3 Å². The molecule has 27 heavy (non-hydrogen) atoms. The van der Waals surface area contributed by atoms with Crippen molar-refractivity contribution < 1.29 is 22.7 Å². The van der Waals surface area contributed by atoms with Crippen molar-refractivity contribution >= 4 is 27.6 Å². The Labute approximate surface area is 163 Å².